The van der Waals surface area contributed by atoms with Crippen molar-refractivity contribution in [3.05, 3.63) is 41.7 Å². The highest BCUT2D eigenvalue weighted by atomic mass is 32.2. The molecule has 27 heavy (non-hydrogen) atoms. The van der Waals surface area contributed by atoms with E-state index in [1.165, 1.54) is 6.33 Å². The fourth-order valence-electron chi connectivity index (χ4n) is 3.06. The van der Waals surface area contributed by atoms with Crippen molar-refractivity contribution in [2.24, 2.45) is 11.7 Å². The number of carbonyl (C=O) groups excluding carboxylic acids is 2. The fraction of sp³-hybridized carbons (Fsp3) is 0.444. The maximum absolute atomic E-state index is 12.8. The number of nitrogens with zero attached hydrogens (tertiary/aromatic N) is 3. The second-order valence-corrected chi connectivity index (χ2v) is 7.41. The number of carbonyl (C=O) groups is 2. The maximum Gasteiger partial charge on any atom is 0.253 e. The molecular formula is C18H24N6O2S. The van der Waals surface area contributed by atoms with E-state index >= 15 is 0 Å². The summed E-state index contributed by atoms with van der Waals surface area (Å²) in [4.78, 5) is 30.8. The van der Waals surface area contributed by atoms with Gasteiger partial charge in [0.05, 0.1) is 5.92 Å². The maximum atomic E-state index is 12.8. The zero-order valence-electron chi connectivity index (χ0n) is 15.1. The molecule has 1 aliphatic rings. The van der Waals surface area contributed by atoms with Crippen molar-refractivity contribution in [2.45, 2.75) is 23.8 Å². The van der Waals surface area contributed by atoms with Crippen LogP contribution in [-0.4, -0.2) is 58.1 Å². The first kappa shape index (κ1) is 19.4. The third kappa shape index (κ3) is 5.30. The summed E-state index contributed by atoms with van der Waals surface area (Å²) in [5, 5.41) is 10.2. The summed E-state index contributed by atoms with van der Waals surface area (Å²) >= 11 is 1.55. The summed E-state index contributed by atoms with van der Waals surface area (Å²) in [6.07, 6.45) is 3.11. The van der Waals surface area contributed by atoms with E-state index in [1.54, 1.807) is 16.7 Å². The molecule has 0 saturated carbocycles. The quantitative estimate of drug-likeness (QED) is 0.610. The van der Waals surface area contributed by atoms with Gasteiger partial charge < -0.3 is 16.0 Å². The molecule has 0 radical (unpaired) electrons. The number of hydrogen-bond acceptors (Lipinski definition) is 6. The van der Waals surface area contributed by atoms with Gasteiger partial charge in [0, 0.05) is 37.5 Å². The number of aromatic amines is 1. The van der Waals surface area contributed by atoms with Crippen LogP contribution in [0.15, 0.2) is 35.7 Å². The monoisotopic (exact) mass is 388 g/mol. The number of nitrogens with one attached hydrogen (secondary N) is 2. The van der Waals surface area contributed by atoms with Crippen molar-refractivity contribution in [1.29, 1.82) is 0 Å². The van der Waals surface area contributed by atoms with Crippen LogP contribution in [0.3, 0.4) is 0 Å². The zero-order chi connectivity index (χ0) is 19.1. The molecule has 1 fully saturated rings. The van der Waals surface area contributed by atoms with Crippen LogP contribution in [0.1, 0.15) is 28.8 Å². The molecule has 2 heterocycles. The minimum Gasteiger partial charge on any atom is -0.355 e. The topological polar surface area (TPSA) is 117 Å². The molecule has 1 unspecified atom stereocenters. The van der Waals surface area contributed by atoms with Crippen molar-refractivity contribution in [1.82, 2.24) is 25.4 Å². The van der Waals surface area contributed by atoms with E-state index in [9.17, 15) is 9.59 Å². The Hall–Kier alpha value is -2.39. The predicted octanol–water partition coefficient (Wildman–Crippen LogP) is 1.02. The molecule has 1 aromatic heterocycles. The van der Waals surface area contributed by atoms with Gasteiger partial charge in [-0.2, -0.15) is 5.10 Å². The number of likely N-dealkylation sites (tertiary alicyclic amines) is 1. The molecule has 9 heteroatoms. The smallest absolute Gasteiger partial charge is 0.253 e. The highest BCUT2D eigenvalue weighted by Gasteiger charge is 2.28. The Morgan fingerprint density at radius 1 is 1.33 bits per heavy atom. The fourth-order valence-corrected chi connectivity index (χ4v) is 3.79. The second-order valence-electron chi connectivity index (χ2n) is 6.45. The van der Waals surface area contributed by atoms with Gasteiger partial charge in [0.15, 0.2) is 5.16 Å². The molecule has 2 amide bonds. The van der Waals surface area contributed by atoms with Crippen molar-refractivity contribution < 1.29 is 9.59 Å². The van der Waals surface area contributed by atoms with E-state index < -0.39 is 0 Å². The van der Waals surface area contributed by atoms with E-state index in [-0.39, 0.29) is 17.7 Å². The van der Waals surface area contributed by atoms with Crippen LogP contribution in [0.4, 0.5) is 0 Å². The van der Waals surface area contributed by atoms with Crippen LogP contribution in [-0.2, 0) is 10.5 Å². The highest BCUT2D eigenvalue weighted by Crippen LogP contribution is 2.21. The lowest BCUT2D eigenvalue weighted by atomic mass is 9.96. The van der Waals surface area contributed by atoms with Gasteiger partial charge >= 0.3 is 0 Å². The number of hydrogen-bond donors (Lipinski definition) is 3. The van der Waals surface area contributed by atoms with Crippen LogP contribution in [0.5, 0.6) is 0 Å². The molecule has 0 spiro atoms. The predicted molar refractivity (Wildman–Crippen MR) is 103 cm³/mol. The van der Waals surface area contributed by atoms with Crippen molar-refractivity contribution in [2.75, 3.05) is 26.2 Å². The lowest BCUT2D eigenvalue weighted by molar-refractivity contribution is -0.126. The van der Waals surface area contributed by atoms with E-state index in [0.717, 1.165) is 29.3 Å². The van der Waals surface area contributed by atoms with Crippen LogP contribution in [0.2, 0.25) is 0 Å². The van der Waals surface area contributed by atoms with Crippen LogP contribution in [0, 0.1) is 5.92 Å². The first-order valence-electron chi connectivity index (χ1n) is 9.01. The normalized spacial score (nSPS) is 16.9. The Morgan fingerprint density at radius 3 is 2.85 bits per heavy atom. The molecular weight excluding hydrogens is 364 g/mol. The summed E-state index contributed by atoms with van der Waals surface area (Å²) in [6.45, 7) is 2.03. The van der Waals surface area contributed by atoms with Gasteiger partial charge in [0.1, 0.15) is 6.33 Å². The Morgan fingerprint density at radius 2 is 2.15 bits per heavy atom. The van der Waals surface area contributed by atoms with Gasteiger partial charge in [-0.3, -0.25) is 14.7 Å². The van der Waals surface area contributed by atoms with Gasteiger partial charge in [-0.1, -0.05) is 23.9 Å². The minimum absolute atomic E-state index is 0.0160. The molecule has 1 atom stereocenters. The number of aromatic nitrogens is 3. The third-order valence-electron chi connectivity index (χ3n) is 4.49. The van der Waals surface area contributed by atoms with Gasteiger partial charge in [-0.25, -0.2) is 4.98 Å². The summed E-state index contributed by atoms with van der Waals surface area (Å²) in [5.41, 5.74) is 7.18. The van der Waals surface area contributed by atoms with Crippen molar-refractivity contribution in [3.8, 4) is 0 Å². The standard InChI is InChI=1S/C18H24N6O2S/c19-7-8-20-16(25)15-2-1-9-24(10-15)17(26)14-5-3-13(4-6-14)11-27-18-21-12-22-23-18/h3-6,12,15H,1-2,7-11,19H2,(H,20,25)(H,21,22,23). The number of nitrogens with two attached hydrogens (primary N) is 1. The summed E-state index contributed by atoms with van der Waals surface area (Å²) < 4.78 is 0. The Bertz CT molecular complexity index is 750. The van der Waals surface area contributed by atoms with Gasteiger partial charge in [-0.05, 0) is 30.5 Å². The summed E-state index contributed by atoms with van der Waals surface area (Å²) in [7, 11) is 0. The molecule has 3 rings (SSSR count). The summed E-state index contributed by atoms with van der Waals surface area (Å²) in [6, 6.07) is 7.59. The van der Waals surface area contributed by atoms with Gasteiger partial charge in [0.25, 0.3) is 5.91 Å². The van der Waals surface area contributed by atoms with Crippen LogP contribution in [0.25, 0.3) is 0 Å². The molecule has 144 valence electrons. The Labute approximate surface area is 162 Å². The molecule has 2 aromatic rings. The number of benzene rings is 1. The molecule has 8 nitrogen and oxygen atoms in total. The highest BCUT2D eigenvalue weighted by molar-refractivity contribution is 7.98. The summed E-state index contributed by atoms with van der Waals surface area (Å²) in [5.74, 6) is 0.543. The Kier molecular flexibility index (Phi) is 6.83. The molecule has 4 N–H and O–H groups in total. The third-order valence-corrected chi connectivity index (χ3v) is 5.44. The molecule has 1 aromatic carbocycles. The van der Waals surface area contributed by atoms with Crippen LogP contribution >= 0.6 is 11.8 Å². The van der Waals surface area contributed by atoms with Crippen molar-refractivity contribution >= 4 is 23.6 Å². The minimum atomic E-state index is -0.160. The lowest BCUT2D eigenvalue weighted by Crippen LogP contribution is -2.46. The second kappa shape index (κ2) is 9.52. The first-order valence-corrected chi connectivity index (χ1v) is 10.00. The number of piperidine rings is 1. The van der Waals surface area contributed by atoms with E-state index in [2.05, 4.69) is 20.5 Å². The molecule has 0 bridgehead atoms. The van der Waals surface area contributed by atoms with E-state index in [1.807, 2.05) is 24.3 Å². The first-order chi connectivity index (χ1) is 13.2. The Balaban J connectivity index is 1.55. The average molecular weight is 388 g/mol. The van der Waals surface area contributed by atoms with Gasteiger partial charge in [0.2, 0.25) is 5.91 Å². The molecule has 1 aliphatic heterocycles. The van der Waals surface area contributed by atoms with E-state index in [4.69, 9.17) is 5.73 Å². The number of H-pyrrole nitrogens is 1. The largest absolute Gasteiger partial charge is 0.355 e. The van der Waals surface area contributed by atoms with Gasteiger partial charge in [-0.15, -0.1) is 0 Å². The van der Waals surface area contributed by atoms with E-state index in [0.29, 0.717) is 31.7 Å². The zero-order valence-corrected chi connectivity index (χ0v) is 15.9. The van der Waals surface area contributed by atoms with Crippen molar-refractivity contribution in [3.63, 3.8) is 0 Å². The number of amides is 2. The van der Waals surface area contributed by atoms with Crippen LogP contribution < -0.4 is 11.1 Å². The lowest BCUT2D eigenvalue weighted by Gasteiger charge is -2.32. The number of rotatable bonds is 7. The molecule has 1 saturated heterocycles. The number of thioether (sulfide) groups is 1. The average Bonchev–Trinajstić information content (AvgIpc) is 3.24. The molecule has 0 aliphatic carbocycles. The SMILES string of the molecule is NCCNC(=O)C1CCCN(C(=O)c2ccc(CSc3ncn[nH]3)cc2)C1.